The maximum atomic E-state index is 13.0. The van der Waals surface area contributed by atoms with Crippen LogP contribution >= 0.6 is 0 Å². The molecule has 0 radical (unpaired) electrons. The van der Waals surface area contributed by atoms with Crippen LogP contribution in [0.1, 0.15) is 65.2 Å². The van der Waals surface area contributed by atoms with E-state index in [2.05, 4.69) is 0 Å². The van der Waals surface area contributed by atoms with Gasteiger partial charge in [0, 0.05) is 17.9 Å². The second-order valence-electron chi connectivity index (χ2n) is 13.5. The van der Waals surface area contributed by atoms with Crippen molar-refractivity contribution in [1.29, 1.82) is 0 Å². The van der Waals surface area contributed by atoms with Crippen LogP contribution in [0.15, 0.2) is 11.6 Å². The van der Waals surface area contributed by atoms with Crippen molar-refractivity contribution in [3.8, 4) is 0 Å². The van der Waals surface area contributed by atoms with E-state index in [1.807, 2.05) is 6.92 Å². The van der Waals surface area contributed by atoms with E-state index in [9.17, 15) is 40.2 Å². The number of hydrogen-bond acceptors (Lipinski definition) is 11. The Kier molecular flexibility index (Phi) is 6.83. The Morgan fingerprint density at radius 1 is 1.00 bits per heavy atom. The molecule has 4 saturated carbocycles. The molecule has 2 heterocycles. The summed E-state index contributed by atoms with van der Waals surface area (Å²) >= 11 is 0. The number of aldehydes is 1. The number of carbonyl (C=O) groups excluding carboxylic acids is 2. The summed E-state index contributed by atoms with van der Waals surface area (Å²) in [4.78, 5) is 24.8. The number of hydrogen-bond donors (Lipinski definition) is 6. The molecule has 40 heavy (non-hydrogen) atoms. The SMILES string of the molecule is C[C@H]1O[C@@H](O[C@H]2CC[C@]3(C=O)[C@H]4C[C@@H](O)[C@]5(C)[C@@H](C6=CC(=O)OC6)CC[C@]5(O)[C@@H]4CC[C@]3(O)C2)[C@H](O)[C@H](O)[C@H]1O. The second kappa shape index (κ2) is 9.54. The molecule has 6 rings (SSSR count). The van der Waals surface area contributed by atoms with E-state index in [4.69, 9.17) is 14.2 Å². The highest BCUT2D eigenvalue weighted by Gasteiger charge is 2.74. The van der Waals surface area contributed by atoms with Crippen LogP contribution in [0.2, 0.25) is 0 Å². The van der Waals surface area contributed by atoms with E-state index in [-0.39, 0.29) is 44.1 Å². The maximum Gasteiger partial charge on any atom is 0.331 e. The smallest absolute Gasteiger partial charge is 0.331 e. The zero-order chi connectivity index (χ0) is 28.8. The molecule has 0 aromatic heterocycles. The first-order valence-electron chi connectivity index (χ1n) is 14.6. The number of aliphatic hydroxyl groups excluding tert-OH is 4. The Bertz CT molecular complexity index is 1080. The minimum atomic E-state index is -1.47. The number of ether oxygens (including phenoxy) is 3. The predicted molar refractivity (Wildman–Crippen MR) is 136 cm³/mol. The summed E-state index contributed by atoms with van der Waals surface area (Å²) < 4.78 is 16.8. The van der Waals surface area contributed by atoms with E-state index in [1.165, 1.54) is 6.08 Å². The van der Waals surface area contributed by atoms with Crippen molar-refractivity contribution >= 4 is 12.3 Å². The van der Waals surface area contributed by atoms with Gasteiger partial charge in [-0.25, -0.2) is 4.79 Å². The average molecular weight is 567 g/mol. The second-order valence-corrected chi connectivity index (χ2v) is 13.5. The summed E-state index contributed by atoms with van der Waals surface area (Å²) in [7, 11) is 0. The van der Waals surface area contributed by atoms with Gasteiger partial charge in [-0.1, -0.05) is 6.92 Å². The summed E-state index contributed by atoms with van der Waals surface area (Å²) in [5.74, 6) is -1.42. The first-order chi connectivity index (χ1) is 18.8. The van der Waals surface area contributed by atoms with Gasteiger partial charge in [0.2, 0.25) is 0 Å². The topological polar surface area (TPSA) is 183 Å². The van der Waals surface area contributed by atoms with Gasteiger partial charge in [0.15, 0.2) is 6.29 Å². The number of rotatable bonds is 4. The molecular formula is C29H42O11. The Balaban J connectivity index is 1.25. The lowest BCUT2D eigenvalue weighted by molar-refractivity contribution is -0.319. The summed E-state index contributed by atoms with van der Waals surface area (Å²) in [6, 6.07) is 0. The molecule has 0 spiro atoms. The molecule has 4 aliphatic carbocycles. The third-order valence-electron chi connectivity index (χ3n) is 12.1. The Morgan fingerprint density at radius 3 is 2.42 bits per heavy atom. The molecular weight excluding hydrogens is 524 g/mol. The number of cyclic esters (lactones) is 1. The average Bonchev–Trinajstić information content (AvgIpc) is 3.46. The quantitative estimate of drug-likeness (QED) is 0.149. The molecule has 0 unspecified atom stereocenters. The normalized spacial score (nSPS) is 56.0. The van der Waals surface area contributed by atoms with Gasteiger partial charge in [-0.15, -0.1) is 0 Å². The minimum absolute atomic E-state index is 0.0926. The predicted octanol–water partition coefficient (Wildman–Crippen LogP) is -0.279. The van der Waals surface area contributed by atoms with E-state index in [1.54, 1.807) is 6.92 Å². The number of carbonyl (C=O) groups is 2. The van der Waals surface area contributed by atoms with Gasteiger partial charge in [0.25, 0.3) is 0 Å². The van der Waals surface area contributed by atoms with Crippen molar-refractivity contribution in [2.75, 3.05) is 6.61 Å². The molecule has 1 saturated heterocycles. The Morgan fingerprint density at radius 2 is 1.75 bits per heavy atom. The van der Waals surface area contributed by atoms with Crippen LogP contribution in [0.5, 0.6) is 0 Å². The molecule has 0 aromatic carbocycles. The largest absolute Gasteiger partial charge is 0.458 e. The highest BCUT2D eigenvalue weighted by atomic mass is 16.7. The monoisotopic (exact) mass is 566 g/mol. The third kappa shape index (κ3) is 3.71. The van der Waals surface area contributed by atoms with E-state index in [0.29, 0.717) is 25.7 Å². The Labute approximate surface area is 233 Å². The molecule has 11 nitrogen and oxygen atoms in total. The molecule has 0 bridgehead atoms. The molecule has 224 valence electrons. The third-order valence-corrected chi connectivity index (χ3v) is 12.1. The summed E-state index contributed by atoms with van der Waals surface area (Å²) in [5, 5.41) is 66.7. The fraction of sp³-hybridized carbons (Fsp3) is 0.862. The number of esters is 1. The van der Waals surface area contributed by atoms with Crippen LogP contribution in [0, 0.1) is 28.6 Å². The van der Waals surface area contributed by atoms with Crippen LogP contribution in [-0.4, -0.2) is 104 Å². The van der Waals surface area contributed by atoms with Crippen LogP contribution in [-0.2, 0) is 23.8 Å². The Hall–Kier alpha value is -1.44. The van der Waals surface area contributed by atoms with Crippen LogP contribution in [0.3, 0.4) is 0 Å². The van der Waals surface area contributed by atoms with Gasteiger partial charge >= 0.3 is 5.97 Å². The van der Waals surface area contributed by atoms with Crippen LogP contribution in [0.25, 0.3) is 0 Å². The molecule has 6 N–H and O–H groups in total. The summed E-state index contributed by atoms with van der Waals surface area (Å²) in [6.45, 7) is 3.61. The standard InChI is InChI=1S/C29H42O11/c1-14-22(33)23(34)24(35)25(39-14)40-16-3-6-27(13-30)19-10-20(31)26(2)17(15-9-21(32)38-12-15)5-8-29(26,37)18(19)4-7-28(27,36)11-16/h9,13-14,16-20,22-25,31,33-37H,3-8,10-12H2,1-2H3/t14-,16+,17-,18-,19+,20-,22+,23-,24-,25+,26+,27+,28+,29+/m1/s1. The van der Waals surface area contributed by atoms with Crippen molar-refractivity contribution < 1.29 is 54.4 Å². The van der Waals surface area contributed by atoms with E-state index in [0.717, 1.165) is 11.9 Å². The number of fused-ring (bicyclic) bond motifs is 5. The number of aliphatic hydroxyl groups is 6. The van der Waals surface area contributed by atoms with Gasteiger partial charge in [0.1, 0.15) is 31.2 Å². The molecule has 0 amide bonds. The van der Waals surface area contributed by atoms with Crippen LogP contribution in [0.4, 0.5) is 0 Å². The fourth-order valence-electron chi connectivity index (χ4n) is 9.74. The van der Waals surface area contributed by atoms with Crippen molar-refractivity contribution in [2.24, 2.45) is 28.6 Å². The molecule has 5 fully saturated rings. The lowest BCUT2D eigenvalue weighted by atomic mass is 9.41. The van der Waals surface area contributed by atoms with Gasteiger partial charge in [0.05, 0.1) is 34.9 Å². The minimum Gasteiger partial charge on any atom is -0.458 e. The first-order valence-corrected chi connectivity index (χ1v) is 14.6. The maximum absolute atomic E-state index is 13.0. The van der Waals surface area contributed by atoms with Gasteiger partial charge in [-0.3, -0.25) is 0 Å². The lowest BCUT2D eigenvalue weighted by Gasteiger charge is -2.66. The summed E-state index contributed by atoms with van der Waals surface area (Å²) in [6.07, 6.45) is -2.70. The molecule has 6 aliphatic rings. The lowest BCUT2D eigenvalue weighted by Crippen LogP contribution is -2.71. The van der Waals surface area contributed by atoms with Crippen LogP contribution < -0.4 is 0 Å². The molecule has 2 aliphatic heterocycles. The first kappa shape index (κ1) is 28.7. The summed E-state index contributed by atoms with van der Waals surface area (Å²) in [5.41, 5.74) is -4.09. The molecule has 14 atom stereocenters. The highest BCUT2D eigenvalue weighted by Crippen LogP contribution is 2.70. The molecule has 11 heteroatoms. The van der Waals surface area contributed by atoms with Crippen molar-refractivity contribution in [2.45, 2.75) is 119 Å². The zero-order valence-corrected chi connectivity index (χ0v) is 23.0. The van der Waals surface area contributed by atoms with Gasteiger partial charge in [-0.05, 0) is 75.2 Å². The van der Waals surface area contributed by atoms with Crippen molar-refractivity contribution in [3.05, 3.63) is 11.6 Å². The highest BCUT2D eigenvalue weighted by molar-refractivity contribution is 5.85. The van der Waals surface area contributed by atoms with Crippen molar-refractivity contribution in [3.63, 3.8) is 0 Å². The zero-order valence-electron chi connectivity index (χ0n) is 23.0. The fourth-order valence-corrected chi connectivity index (χ4v) is 9.74. The van der Waals surface area contributed by atoms with E-state index < -0.39 is 76.8 Å². The van der Waals surface area contributed by atoms with E-state index >= 15 is 0 Å². The van der Waals surface area contributed by atoms with Gasteiger partial charge in [-0.2, -0.15) is 0 Å². The van der Waals surface area contributed by atoms with Gasteiger partial charge < -0.3 is 49.6 Å². The van der Waals surface area contributed by atoms with Crippen molar-refractivity contribution in [1.82, 2.24) is 0 Å². The molecule has 0 aromatic rings.